The van der Waals surface area contributed by atoms with Crippen LogP contribution in [-0.4, -0.2) is 4.92 Å². The molecule has 21 heavy (non-hydrogen) atoms. The molecule has 1 atom stereocenters. The van der Waals surface area contributed by atoms with Crippen molar-refractivity contribution in [3.63, 3.8) is 0 Å². The smallest absolute Gasteiger partial charge is 0.269 e. The molecule has 5 heteroatoms. The minimum atomic E-state index is -0.396. The summed E-state index contributed by atoms with van der Waals surface area (Å²) in [6.45, 7) is 2.55. The number of benzene rings is 2. The van der Waals surface area contributed by atoms with E-state index in [4.69, 9.17) is 5.26 Å². The van der Waals surface area contributed by atoms with Gasteiger partial charge in [0, 0.05) is 24.7 Å². The predicted octanol–water partition coefficient (Wildman–Crippen LogP) is 3.32. The summed E-state index contributed by atoms with van der Waals surface area (Å²) in [7, 11) is 0. The maximum atomic E-state index is 10.8. The van der Waals surface area contributed by atoms with Gasteiger partial charge in [0.05, 0.1) is 16.6 Å². The van der Waals surface area contributed by atoms with Crippen LogP contribution in [0.15, 0.2) is 48.5 Å². The van der Waals surface area contributed by atoms with Crippen molar-refractivity contribution >= 4 is 5.69 Å². The number of nitro benzene ring substituents is 1. The van der Waals surface area contributed by atoms with Gasteiger partial charge in [0.1, 0.15) is 0 Å². The Balaban J connectivity index is 2.04. The summed E-state index contributed by atoms with van der Waals surface area (Å²) in [6, 6.07) is 16.0. The molecule has 2 aromatic carbocycles. The van der Waals surface area contributed by atoms with Crippen molar-refractivity contribution in [3.05, 3.63) is 75.3 Å². The summed E-state index contributed by atoms with van der Waals surface area (Å²) in [5, 5.41) is 22.9. The van der Waals surface area contributed by atoms with Crippen molar-refractivity contribution in [2.75, 3.05) is 0 Å². The molecule has 106 valence electrons. The first kappa shape index (κ1) is 14.7. The van der Waals surface area contributed by atoms with Crippen LogP contribution < -0.4 is 5.32 Å². The fourth-order valence-corrected chi connectivity index (χ4v) is 2.05. The number of hydrogen-bond acceptors (Lipinski definition) is 4. The molecular formula is C16H15N3O2. The number of nitro groups is 1. The Labute approximate surface area is 123 Å². The zero-order chi connectivity index (χ0) is 15.2. The van der Waals surface area contributed by atoms with Crippen LogP contribution in [0.2, 0.25) is 0 Å². The summed E-state index contributed by atoms with van der Waals surface area (Å²) in [5.41, 5.74) is 2.58. The average Bonchev–Trinajstić information content (AvgIpc) is 2.53. The van der Waals surface area contributed by atoms with Crippen molar-refractivity contribution in [2.24, 2.45) is 0 Å². The van der Waals surface area contributed by atoms with Gasteiger partial charge in [-0.3, -0.25) is 10.1 Å². The Morgan fingerprint density at radius 2 is 2.05 bits per heavy atom. The van der Waals surface area contributed by atoms with E-state index in [0.29, 0.717) is 12.1 Å². The van der Waals surface area contributed by atoms with Crippen LogP contribution in [0.3, 0.4) is 0 Å². The zero-order valence-corrected chi connectivity index (χ0v) is 11.6. The second-order valence-electron chi connectivity index (χ2n) is 4.77. The molecule has 0 aliphatic carbocycles. The van der Waals surface area contributed by atoms with E-state index in [1.54, 1.807) is 18.2 Å². The normalized spacial score (nSPS) is 11.6. The molecule has 2 aromatic rings. The van der Waals surface area contributed by atoms with E-state index in [-0.39, 0.29) is 11.7 Å². The third kappa shape index (κ3) is 3.88. The first-order valence-electron chi connectivity index (χ1n) is 6.57. The molecule has 0 aromatic heterocycles. The van der Waals surface area contributed by atoms with E-state index < -0.39 is 4.92 Å². The van der Waals surface area contributed by atoms with Gasteiger partial charge in [0.25, 0.3) is 5.69 Å². The minimum Gasteiger partial charge on any atom is -0.306 e. The van der Waals surface area contributed by atoms with Crippen LogP contribution in [0.4, 0.5) is 5.69 Å². The van der Waals surface area contributed by atoms with E-state index in [0.717, 1.165) is 11.1 Å². The van der Waals surface area contributed by atoms with E-state index in [2.05, 4.69) is 11.4 Å². The Morgan fingerprint density at radius 1 is 1.29 bits per heavy atom. The van der Waals surface area contributed by atoms with Gasteiger partial charge >= 0.3 is 0 Å². The third-order valence-corrected chi connectivity index (χ3v) is 3.25. The topological polar surface area (TPSA) is 79.0 Å². The minimum absolute atomic E-state index is 0.0179. The number of nitrogens with one attached hydrogen (secondary N) is 1. The third-order valence-electron chi connectivity index (χ3n) is 3.25. The number of hydrogen-bond donors (Lipinski definition) is 1. The molecule has 0 heterocycles. The molecule has 0 amide bonds. The highest BCUT2D eigenvalue weighted by Gasteiger charge is 2.10. The van der Waals surface area contributed by atoms with Gasteiger partial charge in [-0.15, -0.1) is 0 Å². The molecule has 0 radical (unpaired) electrons. The zero-order valence-electron chi connectivity index (χ0n) is 11.6. The van der Waals surface area contributed by atoms with Gasteiger partial charge in [-0.1, -0.05) is 24.3 Å². The highest BCUT2D eigenvalue weighted by molar-refractivity contribution is 5.36. The quantitative estimate of drug-likeness (QED) is 0.673. The molecular weight excluding hydrogens is 266 g/mol. The molecule has 0 saturated heterocycles. The number of rotatable bonds is 5. The van der Waals surface area contributed by atoms with Gasteiger partial charge in [-0.2, -0.15) is 5.26 Å². The van der Waals surface area contributed by atoms with Gasteiger partial charge in [0.15, 0.2) is 0 Å². The van der Waals surface area contributed by atoms with Crippen molar-refractivity contribution in [3.8, 4) is 6.07 Å². The predicted molar refractivity (Wildman–Crippen MR) is 79.5 cm³/mol. The van der Waals surface area contributed by atoms with E-state index >= 15 is 0 Å². The molecule has 0 spiro atoms. The van der Waals surface area contributed by atoms with Crippen molar-refractivity contribution in [2.45, 2.75) is 19.5 Å². The van der Waals surface area contributed by atoms with Crippen LogP contribution in [0.25, 0.3) is 0 Å². The van der Waals surface area contributed by atoms with Crippen LogP contribution in [0.1, 0.15) is 29.7 Å². The fraction of sp³-hybridized carbons (Fsp3) is 0.188. The Kier molecular flexibility index (Phi) is 4.64. The van der Waals surface area contributed by atoms with E-state index in [1.165, 1.54) is 6.07 Å². The summed E-state index contributed by atoms with van der Waals surface area (Å²) >= 11 is 0. The number of nitriles is 1. The largest absolute Gasteiger partial charge is 0.306 e. The number of nitrogens with zero attached hydrogens (tertiary/aromatic N) is 2. The van der Waals surface area contributed by atoms with E-state index in [9.17, 15) is 10.1 Å². The van der Waals surface area contributed by atoms with Gasteiger partial charge in [-0.05, 0) is 30.2 Å². The second-order valence-corrected chi connectivity index (χ2v) is 4.77. The molecule has 0 saturated carbocycles. The van der Waals surface area contributed by atoms with Gasteiger partial charge in [0.2, 0.25) is 0 Å². The second kappa shape index (κ2) is 6.64. The first-order valence-corrected chi connectivity index (χ1v) is 6.57. The van der Waals surface area contributed by atoms with Crippen LogP contribution >= 0.6 is 0 Å². The first-order chi connectivity index (χ1) is 10.1. The maximum absolute atomic E-state index is 10.8. The van der Waals surface area contributed by atoms with Crippen molar-refractivity contribution in [1.82, 2.24) is 5.32 Å². The van der Waals surface area contributed by atoms with Crippen LogP contribution in [-0.2, 0) is 6.54 Å². The maximum Gasteiger partial charge on any atom is 0.269 e. The molecule has 1 N–H and O–H groups in total. The van der Waals surface area contributed by atoms with Crippen molar-refractivity contribution in [1.29, 1.82) is 5.26 Å². The lowest BCUT2D eigenvalue weighted by Crippen LogP contribution is -2.18. The molecule has 5 nitrogen and oxygen atoms in total. The van der Waals surface area contributed by atoms with Crippen LogP contribution in [0.5, 0.6) is 0 Å². The summed E-state index contributed by atoms with van der Waals surface area (Å²) < 4.78 is 0. The highest BCUT2D eigenvalue weighted by atomic mass is 16.6. The van der Waals surface area contributed by atoms with Gasteiger partial charge in [-0.25, -0.2) is 0 Å². The van der Waals surface area contributed by atoms with E-state index in [1.807, 2.05) is 31.2 Å². The Morgan fingerprint density at radius 3 is 2.76 bits per heavy atom. The molecule has 0 aliphatic rings. The SMILES string of the molecule is CC(NCc1cccc(C#N)c1)c1cccc([N+](=O)[O-])c1. The summed E-state index contributed by atoms with van der Waals surface area (Å²) in [4.78, 5) is 10.4. The monoisotopic (exact) mass is 281 g/mol. The lowest BCUT2D eigenvalue weighted by Gasteiger charge is -2.14. The average molecular weight is 281 g/mol. The molecule has 2 rings (SSSR count). The lowest BCUT2D eigenvalue weighted by molar-refractivity contribution is -0.384. The molecule has 0 aliphatic heterocycles. The molecule has 1 unspecified atom stereocenters. The summed E-state index contributed by atoms with van der Waals surface area (Å²) in [6.07, 6.45) is 0. The van der Waals surface area contributed by atoms with Crippen LogP contribution in [0, 0.1) is 21.4 Å². The van der Waals surface area contributed by atoms with Gasteiger partial charge < -0.3 is 5.32 Å². The molecule has 0 fully saturated rings. The Bertz CT molecular complexity index is 692. The fourth-order valence-electron chi connectivity index (χ4n) is 2.05. The van der Waals surface area contributed by atoms with Crippen molar-refractivity contribution < 1.29 is 4.92 Å². The summed E-state index contributed by atoms with van der Waals surface area (Å²) in [5.74, 6) is 0. The standard InChI is InChI=1S/C16H15N3O2/c1-12(15-6-3-7-16(9-15)19(20)21)18-11-14-5-2-4-13(8-14)10-17/h2-9,12,18H,11H2,1H3. The molecule has 0 bridgehead atoms. The highest BCUT2D eigenvalue weighted by Crippen LogP contribution is 2.19. The Hall–Kier alpha value is -2.71. The number of non-ortho nitro benzene ring substituents is 1. The lowest BCUT2D eigenvalue weighted by atomic mass is 10.1.